The second-order valence-electron chi connectivity index (χ2n) is 3.62. The van der Waals surface area contributed by atoms with E-state index in [-0.39, 0.29) is 10.6 Å². The van der Waals surface area contributed by atoms with E-state index in [9.17, 15) is 9.18 Å². The molecule has 2 rings (SSSR count). The summed E-state index contributed by atoms with van der Waals surface area (Å²) in [5.41, 5.74) is -0.0806. The van der Waals surface area contributed by atoms with Crippen LogP contribution >= 0.6 is 27.5 Å². The fourth-order valence-electron chi connectivity index (χ4n) is 1.65. The summed E-state index contributed by atoms with van der Waals surface area (Å²) in [6.45, 7) is 1.86. The molecule has 0 unspecified atom stereocenters. The Balaban J connectivity index is 2.32. The molecule has 1 amide bonds. The van der Waals surface area contributed by atoms with Crippen LogP contribution in [-0.4, -0.2) is 37.1 Å². The second kappa shape index (κ2) is 5.33. The zero-order valence-corrected chi connectivity index (χ0v) is 11.2. The van der Waals surface area contributed by atoms with Gasteiger partial charge < -0.3 is 9.64 Å². The second-order valence-corrected chi connectivity index (χ2v) is 4.86. The number of morpholine rings is 1. The van der Waals surface area contributed by atoms with Gasteiger partial charge in [0.25, 0.3) is 5.91 Å². The molecule has 0 aromatic heterocycles. The topological polar surface area (TPSA) is 29.5 Å². The first-order valence-electron chi connectivity index (χ1n) is 5.12. The monoisotopic (exact) mass is 321 g/mol. The van der Waals surface area contributed by atoms with Crippen molar-refractivity contribution in [1.29, 1.82) is 0 Å². The lowest BCUT2D eigenvalue weighted by Crippen LogP contribution is -2.41. The molecule has 0 atom stereocenters. The molecule has 0 aliphatic carbocycles. The Morgan fingerprint density at radius 2 is 2.06 bits per heavy atom. The van der Waals surface area contributed by atoms with Crippen LogP contribution in [0.1, 0.15) is 10.4 Å². The first-order chi connectivity index (χ1) is 8.11. The SMILES string of the molecule is O=C(c1c(F)ccc(Br)c1Cl)N1CCOCC1. The number of nitrogens with zero attached hydrogens (tertiary/aromatic N) is 1. The van der Waals surface area contributed by atoms with Crippen LogP contribution in [0.2, 0.25) is 5.02 Å². The van der Waals surface area contributed by atoms with Crippen molar-refractivity contribution in [3.8, 4) is 0 Å². The highest BCUT2D eigenvalue weighted by molar-refractivity contribution is 9.10. The molecule has 1 aliphatic rings. The van der Waals surface area contributed by atoms with Gasteiger partial charge in [-0.05, 0) is 28.1 Å². The van der Waals surface area contributed by atoms with E-state index < -0.39 is 11.7 Å². The van der Waals surface area contributed by atoms with Crippen molar-refractivity contribution in [3.63, 3.8) is 0 Å². The molecule has 1 fully saturated rings. The van der Waals surface area contributed by atoms with Gasteiger partial charge in [0.15, 0.2) is 0 Å². The lowest BCUT2D eigenvalue weighted by Gasteiger charge is -2.27. The van der Waals surface area contributed by atoms with Gasteiger partial charge in [-0.3, -0.25) is 4.79 Å². The Bertz CT molecular complexity index is 449. The fourth-order valence-corrected chi connectivity index (χ4v) is 2.21. The van der Waals surface area contributed by atoms with Gasteiger partial charge in [-0.15, -0.1) is 0 Å². The predicted octanol–water partition coefficient (Wildman–Crippen LogP) is 2.71. The van der Waals surface area contributed by atoms with Crippen LogP contribution in [0.25, 0.3) is 0 Å². The highest BCUT2D eigenvalue weighted by Crippen LogP contribution is 2.29. The van der Waals surface area contributed by atoms with Crippen LogP contribution in [0.3, 0.4) is 0 Å². The van der Waals surface area contributed by atoms with Crippen molar-refractivity contribution in [2.24, 2.45) is 0 Å². The number of amides is 1. The van der Waals surface area contributed by atoms with Gasteiger partial charge in [-0.2, -0.15) is 0 Å². The summed E-state index contributed by atoms with van der Waals surface area (Å²) in [6.07, 6.45) is 0. The maximum atomic E-state index is 13.7. The molecule has 1 saturated heterocycles. The largest absolute Gasteiger partial charge is 0.378 e. The lowest BCUT2D eigenvalue weighted by molar-refractivity contribution is 0.0300. The van der Waals surface area contributed by atoms with Gasteiger partial charge in [0.05, 0.1) is 23.8 Å². The van der Waals surface area contributed by atoms with E-state index in [1.54, 1.807) is 4.90 Å². The first kappa shape index (κ1) is 12.8. The molecular weight excluding hydrogens is 312 g/mol. The Kier molecular flexibility index (Phi) is 4.01. The minimum absolute atomic E-state index is 0.0806. The number of ether oxygens (including phenoxy) is 1. The number of carbonyl (C=O) groups excluding carboxylic acids is 1. The minimum atomic E-state index is -0.602. The molecule has 1 heterocycles. The van der Waals surface area contributed by atoms with Gasteiger partial charge in [0.1, 0.15) is 5.82 Å². The van der Waals surface area contributed by atoms with Crippen LogP contribution in [0.4, 0.5) is 4.39 Å². The number of benzene rings is 1. The quantitative estimate of drug-likeness (QED) is 0.744. The zero-order chi connectivity index (χ0) is 12.4. The van der Waals surface area contributed by atoms with E-state index in [2.05, 4.69) is 15.9 Å². The number of rotatable bonds is 1. The fraction of sp³-hybridized carbons (Fsp3) is 0.364. The van der Waals surface area contributed by atoms with Crippen molar-refractivity contribution in [2.45, 2.75) is 0 Å². The molecule has 0 radical (unpaired) electrons. The van der Waals surface area contributed by atoms with Crippen molar-refractivity contribution >= 4 is 33.4 Å². The summed E-state index contributed by atoms with van der Waals surface area (Å²) >= 11 is 9.13. The summed E-state index contributed by atoms with van der Waals surface area (Å²) in [6, 6.07) is 2.71. The molecule has 0 spiro atoms. The molecule has 0 bridgehead atoms. The summed E-state index contributed by atoms with van der Waals surface area (Å²) in [5, 5.41) is 0.112. The van der Waals surface area contributed by atoms with Crippen molar-refractivity contribution in [1.82, 2.24) is 4.90 Å². The molecule has 17 heavy (non-hydrogen) atoms. The summed E-state index contributed by atoms with van der Waals surface area (Å²) in [4.78, 5) is 13.7. The van der Waals surface area contributed by atoms with Crippen molar-refractivity contribution in [2.75, 3.05) is 26.3 Å². The van der Waals surface area contributed by atoms with Crippen molar-refractivity contribution < 1.29 is 13.9 Å². The van der Waals surface area contributed by atoms with Crippen molar-refractivity contribution in [3.05, 3.63) is 33.0 Å². The molecule has 0 N–H and O–H groups in total. The smallest absolute Gasteiger partial charge is 0.258 e. The predicted molar refractivity (Wildman–Crippen MR) is 65.8 cm³/mol. The van der Waals surface area contributed by atoms with E-state index in [0.717, 1.165) is 0 Å². The van der Waals surface area contributed by atoms with Gasteiger partial charge in [0, 0.05) is 17.6 Å². The Morgan fingerprint density at radius 1 is 1.41 bits per heavy atom. The van der Waals surface area contributed by atoms with Crippen LogP contribution in [0.5, 0.6) is 0 Å². The average Bonchev–Trinajstić information content (AvgIpc) is 2.35. The van der Waals surface area contributed by atoms with Crippen LogP contribution < -0.4 is 0 Å². The average molecular weight is 323 g/mol. The van der Waals surface area contributed by atoms with Crippen LogP contribution in [-0.2, 0) is 4.74 Å². The van der Waals surface area contributed by atoms with Gasteiger partial charge in [-0.25, -0.2) is 4.39 Å². The molecular formula is C11H10BrClFNO2. The normalized spacial score (nSPS) is 16.1. The molecule has 3 nitrogen and oxygen atoms in total. The minimum Gasteiger partial charge on any atom is -0.378 e. The maximum Gasteiger partial charge on any atom is 0.258 e. The highest BCUT2D eigenvalue weighted by atomic mass is 79.9. The van der Waals surface area contributed by atoms with Gasteiger partial charge >= 0.3 is 0 Å². The van der Waals surface area contributed by atoms with E-state index in [4.69, 9.17) is 16.3 Å². The zero-order valence-electron chi connectivity index (χ0n) is 8.88. The van der Waals surface area contributed by atoms with E-state index in [1.165, 1.54) is 12.1 Å². The highest BCUT2D eigenvalue weighted by Gasteiger charge is 2.24. The van der Waals surface area contributed by atoms with Gasteiger partial charge in [-0.1, -0.05) is 11.6 Å². The third-order valence-corrected chi connectivity index (χ3v) is 3.84. The third-order valence-electron chi connectivity index (χ3n) is 2.56. The number of halogens is 3. The lowest BCUT2D eigenvalue weighted by atomic mass is 10.1. The Morgan fingerprint density at radius 3 is 2.71 bits per heavy atom. The standard InChI is InChI=1S/C11H10BrClFNO2/c12-7-1-2-8(14)9(10(7)13)11(16)15-3-5-17-6-4-15/h1-2H,3-6H2. The molecule has 1 aromatic carbocycles. The van der Waals surface area contributed by atoms with E-state index in [0.29, 0.717) is 30.8 Å². The third kappa shape index (κ3) is 2.61. The van der Waals surface area contributed by atoms with Gasteiger partial charge in [0.2, 0.25) is 0 Å². The van der Waals surface area contributed by atoms with Crippen LogP contribution in [0, 0.1) is 5.82 Å². The van der Waals surface area contributed by atoms with Crippen LogP contribution in [0.15, 0.2) is 16.6 Å². The molecule has 92 valence electrons. The number of hydrogen-bond acceptors (Lipinski definition) is 2. The van der Waals surface area contributed by atoms with E-state index >= 15 is 0 Å². The first-order valence-corrected chi connectivity index (χ1v) is 6.29. The Hall–Kier alpha value is -0.650. The van der Waals surface area contributed by atoms with E-state index in [1.807, 2.05) is 0 Å². The number of carbonyl (C=O) groups is 1. The summed E-state index contributed by atoms with van der Waals surface area (Å²) < 4.78 is 19.3. The molecule has 0 saturated carbocycles. The number of hydrogen-bond donors (Lipinski definition) is 0. The molecule has 6 heteroatoms. The summed E-state index contributed by atoms with van der Waals surface area (Å²) in [7, 11) is 0. The molecule has 1 aromatic rings. The molecule has 1 aliphatic heterocycles. The maximum absolute atomic E-state index is 13.7. The Labute approximate surface area is 112 Å². The summed E-state index contributed by atoms with van der Waals surface area (Å²) in [5.74, 6) is -0.994.